The molecular formula is C16H19N7O3. The summed E-state index contributed by atoms with van der Waals surface area (Å²) in [6.07, 6.45) is 2.65. The fourth-order valence-electron chi connectivity index (χ4n) is 3.16. The van der Waals surface area contributed by atoms with Gasteiger partial charge in [0, 0.05) is 27.1 Å². The molecule has 0 saturated carbocycles. The minimum Gasteiger partial charge on any atom is -0.471 e. The summed E-state index contributed by atoms with van der Waals surface area (Å²) in [7, 11) is 3.81. The van der Waals surface area contributed by atoms with Crippen molar-refractivity contribution in [2.45, 2.75) is 19.4 Å². The average Bonchev–Trinajstić information content (AvgIpc) is 3.29. The molecule has 0 radical (unpaired) electrons. The number of rotatable bonds is 3. The highest BCUT2D eigenvalue weighted by molar-refractivity contribution is 5.80. The van der Waals surface area contributed by atoms with E-state index < -0.39 is 6.09 Å². The number of amides is 1. The number of nitrogens with zero attached hydrogens (tertiary/aromatic N) is 7. The van der Waals surface area contributed by atoms with E-state index in [0.29, 0.717) is 42.4 Å². The van der Waals surface area contributed by atoms with Crippen LogP contribution in [0.4, 0.5) is 4.79 Å². The van der Waals surface area contributed by atoms with Gasteiger partial charge in [0.05, 0.1) is 12.7 Å². The van der Waals surface area contributed by atoms with Crippen LogP contribution in [0.3, 0.4) is 0 Å². The van der Waals surface area contributed by atoms with Crippen LogP contribution in [0, 0.1) is 6.92 Å². The van der Waals surface area contributed by atoms with Crippen molar-refractivity contribution in [3.8, 4) is 17.4 Å². The van der Waals surface area contributed by atoms with Gasteiger partial charge in [-0.3, -0.25) is 0 Å². The maximum atomic E-state index is 11.1. The molecule has 1 aliphatic rings. The maximum Gasteiger partial charge on any atom is 0.407 e. The van der Waals surface area contributed by atoms with Crippen LogP contribution >= 0.6 is 0 Å². The topological polar surface area (TPSA) is 111 Å². The maximum absolute atomic E-state index is 11.1. The Labute approximate surface area is 149 Å². The molecule has 1 atom stereocenters. The molecule has 26 heavy (non-hydrogen) atoms. The number of hydrogen-bond acceptors (Lipinski definition) is 6. The van der Waals surface area contributed by atoms with Crippen molar-refractivity contribution >= 4 is 17.3 Å². The molecule has 1 amide bonds. The summed E-state index contributed by atoms with van der Waals surface area (Å²) in [6, 6.07) is 0. The first-order chi connectivity index (χ1) is 12.5. The van der Waals surface area contributed by atoms with Crippen LogP contribution < -0.4 is 4.74 Å². The molecule has 3 aromatic rings. The second-order valence-corrected chi connectivity index (χ2v) is 6.35. The lowest BCUT2D eigenvalue weighted by atomic mass is 10.3. The van der Waals surface area contributed by atoms with Crippen LogP contribution in [-0.2, 0) is 14.1 Å². The fourth-order valence-corrected chi connectivity index (χ4v) is 3.16. The van der Waals surface area contributed by atoms with Crippen LogP contribution in [0.2, 0.25) is 0 Å². The Bertz CT molecular complexity index is 993. The molecule has 1 aliphatic heterocycles. The molecule has 0 bridgehead atoms. The molecule has 1 fully saturated rings. The summed E-state index contributed by atoms with van der Waals surface area (Å²) in [5.41, 5.74) is 2.07. The Morgan fingerprint density at radius 3 is 2.73 bits per heavy atom. The normalized spacial score (nSPS) is 17.2. The molecule has 1 saturated heterocycles. The third-order valence-corrected chi connectivity index (χ3v) is 4.77. The largest absolute Gasteiger partial charge is 0.471 e. The van der Waals surface area contributed by atoms with Crippen LogP contribution in [0.1, 0.15) is 12.2 Å². The number of aryl methyl sites for hydroxylation is 2. The van der Waals surface area contributed by atoms with Gasteiger partial charge in [0.15, 0.2) is 17.0 Å². The Hall–Kier alpha value is -3.17. The first kappa shape index (κ1) is 16.3. The zero-order valence-corrected chi connectivity index (χ0v) is 14.7. The van der Waals surface area contributed by atoms with Crippen LogP contribution in [0.5, 0.6) is 5.88 Å². The SMILES string of the molecule is Cc1ncc(-c2nc3c(OC4CCN(C(=O)O)C4)ncnc3n2C)n1C. The van der Waals surface area contributed by atoms with Crippen molar-refractivity contribution in [1.82, 2.24) is 34.0 Å². The van der Waals surface area contributed by atoms with Gasteiger partial charge < -0.3 is 23.9 Å². The van der Waals surface area contributed by atoms with Gasteiger partial charge in [0.2, 0.25) is 5.88 Å². The number of fused-ring (bicyclic) bond motifs is 1. The molecular weight excluding hydrogens is 338 g/mol. The highest BCUT2D eigenvalue weighted by Gasteiger charge is 2.29. The zero-order valence-electron chi connectivity index (χ0n) is 14.7. The van der Waals surface area contributed by atoms with Gasteiger partial charge in [0.1, 0.15) is 23.9 Å². The highest BCUT2D eigenvalue weighted by atomic mass is 16.5. The lowest BCUT2D eigenvalue weighted by Crippen LogP contribution is -2.29. The van der Waals surface area contributed by atoms with E-state index in [0.717, 1.165) is 11.5 Å². The standard InChI is InChI=1S/C16H19N7O3/c1-9-17-6-11(21(9)2)13-20-12-14(22(13)3)18-8-19-15(12)26-10-4-5-23(7-10)16(24)25/h6,8,10H,4-5,7H2,1-3H3,(H,24,25). The molecule has 3 aromatic heterocycles. The minimum absolute atomic E-state index is 0.242. The van der Waals surface area contributed by atoms with Crippen LogP contribution in [-0.4, -0.2) is 64.4 Å². The molecule has 1 unspecified atom stereocenters. The number of likely N-dealkylation sites (tertiary alicyclic amines) is 1. The van der Waals surface area contributed by atoms with Gasteiger partial charge >= 0.3 is 6.09 Å². The molecule has 4 rings (SSSR count). The van der Waals surface area contributed by atoms with Gasteiger partial charge in [-0.25, -0.2) is 19.7 Å². The number of aromatic nitrogens is 6. The molecule has 1 N–H and O–H groups in total. The second kappa shape index (κ2) is 5.97. The molecule has 136 valence electrons. The van der Waals surface area contributed by atoms with Crippen LogP contribution in [0.25, 0.3) is 22.7 Å². The minimum atomic E-state index is -0.935. The zero-order chi connectivity index (χ0) is 18.4. The van der Waals surface area contributed by atoms with E-state index in [9.17, 15) is 4.79 Å². The van der Waals surface area contributed by atoms with Crippen molar-refractivity contribution < 1.29 is 14.6 Å². The predicted octanol–water partition coefficient (Wildman–Crippen LogP) is 1.20. The quantitative estimate of drug-likeness (QED) is 0.750. The van der Waals surface area contributed by atoms with E-state index in [1.54, 1.807) is 6.20 Å². The van der Waals surface area contributed by atoms with Gasteiger partial charge in [0.25, 0.3) is 0 Å². The van der Waals surface area contributed by atoms with Gasteiger partial charge in [-0.1, -0.05) is 0 Å². The van der Waals surface area contributed by atoms with Crippen molar-refractivity contribution in [1.29, 1.82) is 0 Å². The number of hydrogen-bond donors (Lipinski definition) is 1. The molecule has 0 spiro atoms. The Balaban J connectivity index is 1.70. The Kier molecular flexibility index (Phi) is 3.74. The van der Waals surface area contributed by atoms with E-state index in [4.69, 9.17) is 9.84 Å². The van der Waals surface area contributed by atoms with E-state index in [2.05, 4.69) is 19.9 Å². The third-order valence-electron chi connectivity index (χ3n) is 4.77. The van der Waals surface area contributed by atoms with E-state index >= 15 is 0 Å². The van der Waals surface area contributed by atoms with Gasteiger partial charge in [-0.2, -0.15) is 4.98 Å². The lowest BCUT2D eigenvalue weighted by molar-refractivity contribution is 0.145. The molecule has 0 aromatic carbocycles. The number of carboxylic acid groups (broad SMARTS) is 1. The number of carbonyl (C=O) groups is 1. The van der Waals surface area contributed by atoms with Crippen molar-refractivity contribution in [2.75, 3.05) is 13.1 Å². The smallest absolute Gasteiger partial charge is 0.407 e. The molecule has 10 heteroatoms. The Morgan fingerprint density at radius 1 is 1.27 bits per heavy atom. The van der Waals surface area contributed by atoms with E-state index in [1.165, 1.54) is 11.2 Å². The molecule has 10 nitrogen and oxygen atoms in total. The van der Waals surface area contributed by atoms with Crippen LogP contribution in [0.15, 0.2) is 12.5 Å². The predicted molar refractivity (Wildman–Crippen MR) is 91.9 cm³/mol. The van der Waals surface area contributed by atoms with E-state index in [-0.39, 0.29) is 6.10 Å². The highest BCUT2D eigenvalue weighted by Crippen LogP contribution is 2.28. The van der Waals surface area contributed by atoms with Crippen molar-refractivity contribution in [3.05, 3.63) is 18.3 Å². The summed E-state index contributed by atoms with van der Waals surface area (Å²) < 4.78 is 9.78. The van der Waals surface area contributed by atoms with E-state index in [1.807, 2.05) is 30.2 Å². The van der Waals surface area contributed by atoms with Crippen molar-refractivity contribution in [2.24, 2.45) is 14.1 Å². The second-order valence-electron chi connectivity index (χ2n) is 6.35. The average molecular weight is 357 g/mol. The lowest BCUT2D eigenvalue weighted by Gasteiger charge is -2.13. The summed E-state index contributed by atoms with van der Waals surface area (Å²) in [4.78, 5) is 29.9. The first-order valence-electron chi connectivity index (χ1n) is 8.26. The molecule has 4 heterocycles. The number of imidazole rings is 2. The van der Waals surface area contributed by atoms with Gasteiger partial charge in [-0.05, 0) is 6.92 Å². The Morgan fingerprint density at radius 2 is 2.08 bits per heavy atom. The third kappa shape index (κ3) is 2.54. The summed E-state index contributed by atoms with van der Waals surface area (Å²) in [5.74, 6) is 1.97. The monoisotopic (exact) mass is 357 g/mol. The summed E-state index contributed by atoms with van der Waals surface area (Å²) in [5, 5.41) is 9.08. The van der Waals surface area contributed by atoms with Crippen molar-refractivity contribution in [3.63, 3.8) is 0 Å². The number of ether oxygens (including phenoxy) is 1. The van der Waals surface area contributed by atoms with Gasteiger partial charge in [-0.15, -0.1) is 0 Å². The molecule has 0 aliphatic carbocycles. The summed E-state index contributed by atoms with van der Waals surface area (Å²) >= 11 is 0. The summed E-state index contributed by atoms with van der Waals surface area (Å²) in [6.45, 7) is 2.70. The first-order valence-corrected chi connectivity index (χ1v) is 8.26. The fraction of sp³-hybridized carbons (Fsp3) is 0.438.